The summed E-state index contributed by atoms with van der Waals surface area (Å²) in [7, 11) is -2.44. The van der Waals surface area contributed by atoms with Crippen LogP contribution in [0, 0.1) is 18.3 Å². The summed E-state index contributed by atoms with van der Waals surface area (Å²) < 4.78 is 35.3. The fourth-order valence-electron chi connectivity index (χ4n) is 2.66. The van der Waals surface area contributed by atoms with Gasteiger partial charge < -0.3 is 8.92 Å². The molecule has 0 atom stereocenters. The molecule has 0 bridgehead atoms. The predicted octanol–water partition coefficient (Wildman–Crippen LogP) is 5.49. The summed E-state index contributed by atoms with van der Waals surface area (Å²) in [5.74, 6) is 0.702. The van der Waals surface area contributed by atoms with Gasteiger partial charge in [-0.25, -0.2) is 0 Å². The van der Waals surface area contributed by atoms with Crippen molar-refractivity contribution in [1.29, 1.82) is 5.26 Å². The molecule has 0 amide bonds. The topological polar surface area (TPSA) is 76.4 Å². The molecule has 0 spiro atoms. The Morgan fingerprint density at radius 2 is 1.70 bits per heavy atom. The number of benzene rings is 3. The van der Waals surface area contributed by atoms with Crippen LogP contribution >= 0.6 is 11.6 Å². The Balaban J connectivity index is 1.86. The maximum absolute atomic E-state index is 12.5. The van der Waals surface area contributed by atoms with Crippen LogP contribution in [0.5, 0.6) is 11.5 Å². The fraction of sp³-hybridized carbons (Fsp3) is 0.0870. The van der Waals surface area contributed by atoms with Gasteiger partial charge in [0.05, 0.1) is 23.8 Å². The third-order valence-electron chi connectivity index (χ3n) is 4.30. The summed E-state index contributed by atoms with van der Waals surface area (Å²) in [6, 6.07) is 20.2. The molecule has 0 aliphatic rings. The highest BCUT2D eigenvalue weighted by atomic mass is 35.5. The SMILES string of the molecule is COc1ccc(/C(C#N)=C/c2ccc(OS(=O)(=O)c3ccc(C)cc3)c(Cl)c2)cc1. The molecule has 3 aromatic rings. The average molecular weight is 440 g/mol. The average Bonchev–Trinajstić information content (AvgIpc) is 2.74. The number of ether oxygens (including phenoxy) is 1. The van der Waals surface area contributed by atoms with Crippen molar-refractivity contribution in [2.24, 2.45) is 0 Å². The molecular formula is C23H18ClNO4S. The van der Waals surface area contributed by atoms with E-state index in [1.165, 1.54) is 18.2 Å². The third-order valence-corrected chi connectivity index (χ3v) is 5.84. The van der Waals surface area contributed by atoms with Crippen molar-refractivity contribution in [3.8, 4) is 17.6 Å². The van der Waals surface area contributed by atoms with Crippen LogP contribution < -0.4 is 8.92 Å². The van der Waals surface area contributed by atoms with Gasteiger partial charge in [-0.1, -0.05) is 35.4 Å². The molecule has 0 radical (unpaired) electrons. The largest absolute Gasteiger partial charge is 0.497 e. The summed E-state index contributed by atoms with van der Waals surface area (Å²) >= 11 is 6.24. The number of nitriles is 1. The van der Waals surface area contributed by atoms with Crippen LogP contribution in [0.1, 0.15) is 16.7 Å². The lowest BCUT2D eigenvalue weighted by Crippen LogP contribution is -2.10. The number of allylic oxidation sites excluding steroid dienone is 1. The van der Waals surface area contributed by atoms with E-state index in [9.17, 15) is 13.7 Å². The third kappa shape index (κ3) is 5.01. The van der Waals surface area contributed by atoms with Gasteiger partial charge in [0.15, 0.2) is 5.75 Å². The van der Waals surface area contributed by atoms with Crippen molar-refractivity contribution in [3.05, 3.63) is 88.4 Å². The van der Waals surface area contributed by atoms with Crippen LogP contribution in [0.2, 0.25) is 5.02 Å². The zero-order valence-electron chi connectivity index (χ0n) is 16.3. The smallest absolute Gasteiger partial charge is 0.339 e. The van der Waals surface area contributed by atoms with Crippen LogP contribution in [-0.4, -0.2) is 15.5 Å². The molecule has 0 aromatic heterocycles. The summed E-state index contributed by atoms with van der Waals surface area (Å²) in [5.41, 5.74) is 2.71. The molecule has 30 heavy (non-hydrogen) atoms. The standard InChI is InChI=1S/C23H18ClNO4S/c1-16-3-10-21(11-4-16)30(26,27)29-23-12-5-17(14-22(23)24)13-19(15-25)18-6-8-20(28-2)9-7-18/h3-14H,1-2H3/b19-13+. The quantitative estimate of drug-likeness (QED) is 0.288. The normalized spacial score (nSPS) is 11.6. The molecule has 3 aromatic carbocycles. The molecule has 0 saturated carbocycles. The number of aryl methyl sites for hydroxylation is 1. The minimum absolute atomic E-state index is 0.0114. The number of halogens is 1. The minimum atomic E-state index is -4.01. The van der Waals surface area contributed by atoms with Gasteiger partial charge in [0.2, 0.25) is 0 Å². The van der Waals surface area contributed by atoms with Crippen molar-refractivity contribution in [2.75, 3.05) is 7.11 Å². The van der Waals surface area contributed by atoms with E-state index >= 15 is 0 Å². The monoisotopic (exact) mass is 439 g/mol. The number of methoxy groups -OCH3 is 1. The Hall–Kier alpha value is -3.27. The highest BCUT2D eigenvalue weighted by molar-refractivity contribution is 7.87. The maximum Gasteiger partial charge on any atom is 0.339 e. The Labute approximate surface area is 180 Å². The second kappa shape index (κ2) is 9.04. The molecule has 0 saturated heterocycles. The Bertz CT molecular complexity index is 1230. The number of hydrogen-bond donors (Lipinski definition) is 0. The summed E-state index contributed by atoms with van der Waals surface area (Å²) in [6.45, 7) is 1.86. The Morgan fingerprint density at radius 3 is 2.27 bits per heavy atom. The molecule has 0 aliphatic heterocycles. The van der Waals surface area contributed by atoms with Crippen molar-refractivity contribution in [3.63, 3.8) is 0 Å². The van der Waals surface area contributed by atoms with Crippen LogP contribution in [-0.2, 0) is 10.1 Å². The van der Waals surface area contributed by atoms with Crippen LogP contribution in [0.3, 0.4) is 0 Å². The van der Waals surface area contributed by atoms with Crippen molar-refractivity contribution in [2.45, 2.75) is 11.8 Å². The lowest BCUT2D eigenvalue weighted by molar-refractivity contribution is 0.415. The van der Waals surface area contributed by atoms with Crippen molar-refractivity contribution >= 4 is 33.4 Å². The molecule has 0 unspecified atom stereocenters. The second-order valence-electron chi connectivity index (χ2n) is 6.44. The van der Waals surface area contributed by atoms with Gasteiger partial charge in [-0.3, -0.25) is 0 Å². The first-order valence-electron chi connectivity index (χ1n) is 8.89. The first-order chi connectivity index (χ1) is 14.3. The molecule has 3 rings (SSSR count). The van der Waals surface area contributed by atoms with E-state index in [4.69, 9.17) is 20.5 Å². The predicted molar refractivity (Wildman–Crippen MR) is 117 cm³/mol. The van der Waals surface area contributed by atoms with Gasteiger partial charge in [-0.15, -0.1) is 0 Å². The van der Waals surface area contributed by atoms with Crippen LogP contribution in [0.15, 0.2) is 71.6 Å². The molecule has 7 heteroatoms. The van der Waals surface area contributed by atoms with E-state index in [1.54, 1.807) is 61.7 Å². The van der Waals surface area contributed by atoms with E-state index < -0.39 is 10.1 Å². The molecule has 0 fully saturated rings. The van der Waals surface area contributed by atoms with Crippen molar-refractivity contribution in [1.82, 2.24) is 0 Å². The second-order valence-corrected chi connectivity index (χ2v) is 8.39. The van der Waals surface area contributed by atoms with Gasteiger partial charge in [-0.2, -0.15) is 13.7 Å². The van der Waals surface area contributed by atoms with E-state index in [0.29, 0.717) is 16.9 Å². The van der Waals surface area contributed by atoms with E-state index in [-0.39, 0.29) is 15.7 Å². The van der Waals surface area contributed by atoms with Gasteiger partial charge in [0, 0.05) is 0 Å². The molecule has 152 valence electrons. The zero-order valence-corrected chi connectivity index (χ0v) is 17.9. The number of hydrogen-bond acceptors (Lipinski definition) is 5. The molecule has 0 N–H and O–H groups in total. The first-order valence-corrected chi connectivity index (χ1v) is 10.7. The zero-order chi connectivity index (χ0) is 21.7. The first kappa shape index (κ1) is 21.4. The molecular weight excluding hydrogens is 422 g/mol. The summed E-state index contributed by atoms with van der Waals surface area (Å²) in [4.78, 5) is 0.0411. The summed E-state index contributed by atoms with van der Waals surface area (Å²) in [6.07, 6.45) is 1.66. The summed E-state index contributed by atoms with van der Waals surface area (Å²) in [5, 5.41) is 9.62. The molecule has 0 heterocycles. The number of nitrogens with zero attached hydrogens (tertiary/aromatic N) is 1. The molecule has 5 nitrogen and oxygen atoms in total. The van der Waals surface area contributed by atoms with Crippen LogP contribution in [0.4, 0.5) is 0 Å². The van der Waals surface area contributed by atoms with Gasteiger partial charge in [-0.05, 0) is 72.7 Å². The van der Waals surface area contributed by atoms with Gasteiger partial charge in [0.25, 0.3) is 0 Å². The van der Waals surface area contributed by atoms with Crippen LogP contribution in [0.25, 0.3) is 11.6 Å². The number of rotatable bonds is 6. The fourth-order valence-corrected chi connectivity index (χ4v) is 3.88. The highest BCUT2D eigenvalue weighted by Crippen LogP contribution is 2.30. The van der Waals surface area contributed by atoms with E-state index in [0.717, 1.165) is 11.1 Å². The van der Waals surface area contributed by atoms with Crippen molar-refractivity contribution < 1.29 is 17.3 Å². The highest BCUT2D eigenvalue weighted by Gasteiger charge is 2.18. The lowest BCUT2D eigenvalue weighted by Gasteiger charge is -2.09. The van der Waals surface area contributed by atoms with Gasteiger partial charge >= 0.3 is 10.1 Å². The van der Waals surface area contributed by atoms with E-state index in [2.05, 4.69) is 6.07 Å². The maximum atomic E-state index is 12.5. The lowest BCUT2D eigenvalue weighted by atomic mass is 10.0. The van der Waals surface area contributed by atoms with Gasteiger partial charge in [0.1, 0.15) is 10.6 Å². The minimum Gasteiger partial charge on any atom is -0.497 e. The molecule has 0 aliphatic carbocycles. The van der Waals surface area contributed by atoms with E-state index in [1.807, 2.05) is 6.92 Å². The Kier molecular flexibility index (Phi) is 6.46. The Morgan fingerprint density at radius 1 is 1.03 bits per heavy atom.